The average molecular weight is 355 g/mol. The molecule has 6 nitrogen and oxygen atoms in total. The standard InChI is InChI=1S/C20H25N3O3/c1-13-4-6-16(7-5-13)12-23-15(3)17(14(2)22-23)8-9-18(24)21-20(10-11-20)19(25)26/h4-7H,8-12H2,1-3H3,(H,21,24)(H,25,26). The third-order valence-electron chi connectivity index (χ3n) is 5.12. The van der Waals surface area contributed by atoms with Gasteiger partial charge in [-0.25, -0.2) is 4.79 Å². The van der Waals surface area contributed by atoms with E-state index in [0.29, 0.717) is 25.8 Å². The molecule has 1 aromatic heterocycles. The topological polar surface area (TPSA) is 84.2 Å². The van der Waals surface area contributed by atoms with Crippen LogP contribution < -0.4 is 5.32 Å². The predicted molar refractivity (Wildman–Crippen MR) is 98.0 cm³/mol. The summed E-state index contributed by atoms with van der Waals surface area (Å²) in [5.41, 5.74) is 4.42. The molecular weight excluding hydrogens is 330 g/mol. The quantitative estimate of drug-likeness (QED) is 0.799. The van der Waals surface area contributed by atoms with Gasteiger partial charge in [0.1, 0.15) is 5.54 Å². The van der Waals surface area contributed by atoms with Gasteiger partial charge in [0.25, 0.3) is 0 Å². The van der Waals surface area contributed by atoms with E-state index in [1.807, 2.05) is 18.5 Å². The van der Waals surface area contributed by atoms with Crippen LogP contribution in [0.5, 0.6) is 0 Å². The van der Waals surface area contributed by atoms with Crippen LogP contribution in [0, 0.1) is 20.8 Å². The van der Waals surface area contributed by atoms with Crippen LogP contribution >= 0.6 is 0 Å². The number of hydrogen-bond donors (Lipinski definition) is 2. The first kappa shape index (κ1) is 18.2. The fourth-order valence-electron chi connectivity index (χ4n) is 3.20. The zero-order valence-electron chi connectivity index (χ0n) is 15.5. The first-order valence-electron chi connectivity index (χ1n) is 8.93. The molecule has 1 amide bonds. The van der Waals surface area contributed by atoms with Crippen LogP contribution in [-0.2, 0) is 22.6 Å². The molecule has 0 aliphatic heterocycles. The van der Waals surface area contributed by atoms with Crippen LogP contribution in [0.25, 0.3) is 0 Å². The molecule has 6 heteroatoms. The minimum Gasteiger partial charge on any atom is -0.480 e. The van der Waals surface area contributed by atoms with E-state index < -0.39 is 11.5 Å². The maximum Gasteiger partial charge on any atom is 0.329 e. The molecular formula is C20H25N3O3. The van der Waals surface area contributed by atoms with Gasteiger partial charge in [-0.05, 0) is 51.2 Å². The first-order chi connectivity index (χ1) is 12.3. The van der Waals surface area contributed by atoms with Gasteiger partial charge < -0.3 is 10.4 Å². The fraction of sp³-hybridized carbons (Fsp3) is 0.450. The summed E-state index contributed by atoms with van der Waals surface area (Å²) in [6.07, 6.45) is 1.86. The number of aromatic nitrogens is 2. The predicted octanol–water partition coefficient (Wildman–Crippen LogP) is 2.52. The van der Waals surface area contributed by atoms with Crippen LogP contribution in [0.3, 0.4) is 0 Å². The van der Waals surface area contributed by atoms with E-state index >= 15 is 0 Å². The van der Waals surface area contributed by atoms with Crippen LogP contribution in [0.2, 0.25) is 0 Å². The van der Waals surface area contributed by atoms with E-state index in [9.17, 15) is 9.59 Å². The molecule has 138 valence electrons. The molecule has 2 N–H and O–H groups in total. The van der Waals surface area contributed by atoms with Crippen LogP contribution in [-0.4, -0.2) is 32.3 Å². The zero-order chi connectivity index (χ0) is 18.9. The van der Waals surface area contributed by atoms with Gasteiger partial charge in [0.15, 0.2) is 0 Å². The minimum atomic E-state index is -1.02. The van der Waals surface area contributed by atoms with Crippen LogP contribution in [0.1, 0.15) is 47.3 Å². The summed E-state index contributed by atoms with van der Waals surface area (Å²) in [7, 11) is 0. The van der Waals surface area contributed by atoms with Gasteiger partial charge in [-0.15, -0.1) is 0 Å². The largest absolute Gasteiger partial charge is 0.480 e. The lowest BCUT2D eigenvalue weighted by molar-refractivity contribution is -0.143. The van der Waals surface area contributed by atoms with E-state index in [0.717, 1.165) is 17.0 Å². The van der Waals surface area contributed by atoms with Crippen molar-refractivity contribution in [3.63, 3.8) is 0 Å². The Hall–Kier alpha value is -2.63. The lowest BCUT2D eigenvalue weighted by Gasteiger charge is -2.12. The molecule has 0 spiro atoms. The molecule has 0 atom stereocenters. The van der Waals surface area contributed by atoms with Gasteiger partial charge in [-0.2, -0.15) is 5.10 Å². The SMILES string of the molecule is Cc1ccc(Cn2nc(C)c(CCC(=O)NC3(C(=O)O)CC3)c2C)cc1. The van der Waals surface area contributed by atoms with E-state index in [1.165, 1.54) is 11.1 Å². The number of carbonyl (C=O) groups excluding carboxylic acids is 1. The maximum atomic E-state index is 12.1. The Morgan fingerprint density at radius 1 is 1.19 bits per heavy atom. The summed E-state index contributed by atoms with van der Waals surface area (Å²) >= 11 is 0. The molecule has 1 aliphatic rings. The van der Waals surface area contributed by atoms with Crippen LogP contribution in [0.4, 0.5) is 0 Å². The Morgan fingerprint density at radius 2 is 1.85 bits per heavy atom. The fourth-order valence-corrected chi connectivity index (χ4v) is 3.20. The molecule has 1 heterocycles. The molecule has 1 saturated carbocycles. The van der Waals surface area contributed by atoms with Crippen molar-refractivity contribution in [2.45, 2.75) is 58.5 Å². The Bertz CT molecular complexity index is 833. The molecule has 2 aromatic rings. The van der Waals surface area contributed by atoms with Crippen molar-refractivity contribution in [3.05, 3.63) is 52.3 Å². The second-order valence-electron chi connectivity index (χ2n) is 7.23. The number of aliphatic carboxylic acids is 1. The van der Waals surface area contributed by atoms with Gasteiger partial charge >= 0.3 is 5.97 Å². The third kappa shape index (κ3) is 3.79. The Labute approximate surface area is 153 Å². The summed E-state index contributed by atoms with van der Waals surface area (Å²) in [6.45, 7) is 6.72. The maximum absolute atomic E-state index is 12.1. The van der Waals surface area contributed by atoms with Crippen LogP contribution in [0.15, 0.2) is 24.3 Å². The number of benzene rings is 1. The molecule has 1 fully saturated rings. The van der Waals surface area contributed by atoms with Gasteiger partial charge in [0.05, 0.1) is 12.2 Å². The number of nitrogens with one attached hydrogen (secondary N) is 1. The van der Waals surface area contributed by atoms with Gasteiger partial charge in [-0.3, -0.25) is 9.48 Å². The number of carbonyl (C=O) groups is 2. The second-order valence-corrected chi connectivity index (χ2v) is 7.23. The average Bonchev–Trinajstić information content (AvgIpc) is 3.31. The minimum absolute atomic E-state index is 0.213. The van der Waals surface area contributed by atoms with E-state index in [1.54, 1.807) is 0 Å². The molecule has 1 aromatic carbocycles. The molecule has 0 unspecified atom stereocenters. The monoisotopic (exact) mass is 355 g/mol. The van der Waals surface area contributed by atoms with Crippen molar-refractivity contribution in [2.24, 2.45) is 0 Å². The van der Waals surface area contributed by atoms with E-state index in [4.69, 9.17) is 5.11 Å². The molecule has 0 bridgehead atoms. The van der Waals surface area contributed by atoms with E-state index in [2.05, 4.69) is 41.6 Å². The van der Waals surface area contributed by atoms with Gasteiger partial charge in [0, 0.05) is 12.1 Å². The number of hydrogen-bond acceptors (Lipinski definition) is 3. The smallest absolute Gasteiger partial charge is 0.329 e. The number of carboxylic acid groups (broad SMARTS) is 1. The van der Waals surface area contributed by atoms with Crippen molar-refractivity contribution in [1.82, 2.24) is 15.1 Å². The Balaban J connectivity index is 1.63. The summed E-state index contributed by atoms with van der Waals surface area (Å²) in [4.78, 5) is 23.3. The van der Waals surface area contributed by atoms with Crippen molar-refractivity contribution in [1.29, 1.82) is 0 Å². The number of amides is 1. The number of aryl methyl sites for hydroxylation is 2. The molecule has 0 radical (unpaired) electrons. The van der Waals surface area contributed by atoms with Crippen molar-refractivity contribution < 1.29 is 14.7 Å². The van der Waals surface area contributed by atoms with Crippen molar-refractivity contribution in [2.75, 3.05) is 0 Å². The highest BCUT2D eigenvalue weighted by molar-refractivity contribution is 5.89. The summed E-state index contributed by atoms with van der Waals surface area (Å²) in [6, 6.07) is 8.37. The van der Waals surface area contributed by atoms with Crippen molar-refractivity contribution in [3.8, 4) is 0 Å². The van der Waals surface area contributed by atoms with Gasteiger partial charge in [-0.1, -0.05) is 29.8 Å². The highest BCUT2D eigenvalue weighted by Crippen LogP contribution is 2.35. The second kappa shape index (κ2) is 6.94. The Morgan fingerprint density at radius 3 is 2.42 bits per heavy atom. The number of nitrogens with zero attached hydrogens (tertiary/aromatic N) is 2. The summed E-state index contributed by atoms with van der Waals surface area (Å²) in [5, 5.41) is 16.4. The normalized spacial score (nSPS) is 14.9. The highest BCUT2D eigenvalue weighted by atomic mass is 16.4. The van der Waals surface area contributed by atoms with Crippen molar-refractivity contribution >= 4 is 11.9 Å². The number of rotatable bonds is 7. The molecule has 0 saturated heterocycles. The zero-order valence-corrected chi connectivity index (χ0v) is 15.5. The lowest BCUT2D eigenvalue weighted by Crippen LogP contribution is -2.43. The summed E-state index contributed by atoms with van der Waals surface area (Å²) in [5.74, 6) is -1.15. The molecule has 3 rings (SSSR count). The molecule has 1 aliphatic carbocycles. The van der Waals surface area contributed by atoms with E-state index in [-0.39, 0.29) is 12.3 Å². The highest BCUT2D eigenvalue weighted by Gasteiger charge is 2.51. The first-order valence-corrected chi connectivity index (χ1v) is 8.93. The third-order valence-corrected chi connectivity index (χ3v) is 5.12. The Kier molecular flexibility index (Phi) is 4.85. The lowest BCUT2D eigenvalue weighted by atomic mass is 10.1. The summed E-state index contributed by atoms with van der Waals surface area (Å²) < 4.78 is 1.97. The number of carboxylic acids is 1. The molecule has 26 heavy (non-hydrogen) atoms. The van der Waals surface area contributed by atoms with Gasteiger partial charge in [0.2, 0.25) is 5.91 Å².